The molecule has 8 aromatic rings. The Morgan fingerprint density at radius 1 is 0.536 bits per heavy atom. The third-order valence-electron chi connectivity index (χ3n) is 13.6. The Balaban J connectivity index is 0.00000642. The summed E-state index contributed by atoms with van der Waals surface area (Å²) in [6.07, 6.45) is 4.20. The molecule has 5 nitrogen and oxygen atoms in total. The molecule has 358 valence electrons. The van der Waals surface area contributed by atoms with Crippen molar-refractivity contribution in [1.29, 1.82) is 0 Å². The van der Waals surface area contributed by atoms with E-state index in [4.69, 9.17) is 9.72 Å². The quantitative estimate of drug-likeness (QED) is 0.142. The first-order valence-electron chi connectivity index (χ1n) is 24.1. The van der Waals surface area contributed by atoms with Crippen LogP contribution in [0.4, 0.5) is 11.4 Å². The number of pyridine rings is 1. The molecule has 0 amide bonds. The monoisotopic (exact) mass is 1090 g/mol. The van der Waals surface area contributed by atoms with Crippen LogP contribution in [-0.4, -0.2) is 9.55 Å². The number of ether oxygens (including phenoxy) is 1. The summed E-state index contributed by atoms with van der Waals surface area (Å²) in [5.74, 6) is 2.06. The zero-order chi connectivity index (χ0) is 48.6. The number of rotatable bonds is 8. The molecule has 0 radical (unpaired) electrons. The van der Waals surface area contributed by atoms with Gasteiger partial charge in [0.25, 0.3) is 0 Å². The van der Waals surface area contributed by atoms with Crippen molar-refractivity contribution in [3.8, 4) is 28.4 Å². The third kappa shape index (κ3) is 9.82. The van der Waals surface area contributed by atoms with Crippen molar-refractivity contribution in [3.05, 3.63) is 198 Å². The average Bonchev–Trinajstić information content (AvgIpc) is 3.90. The van der Waals surface area contributed by atoms with Crippen molar-refractivity contribution in [3.63, 3.8) is 0 Å². The summed E-state index contributed by atoms with van der Waals surface area (Å²) in [6, 6.07) is 55.4. The predicted octanol–water partition coefficient (Wildman–Crippen LogP) is 16.8. The van der Waals surface area contributed by atoms with E-state index in [0.717, 1.165) is 50.1 Å². The zero-order valence-corrected chi connectivity index (χ0v) is 45.2. The fourth-order valence-electron chi connectivity index (χ4n) is 9.38. The Morgan fingerprint density at radius 2 is 1.14 bits per heavy atom. The van der Waals surface area contributed by atoms with Crippen molar-refractivity contribution < 1.29 is 25.8 Å². The van der Waals surface area contributed by atoms with Crippen LogP contribution in [0.5, 0.6) is 11.5 Å². The topological polar surface area (TPSA) is 33.5 Å². The van der Waals surface area contributed by atoms with Crippen LogP contribution < -0.4 is 14.5 Å². The molecule has 3 heterocycles. The number of nitrogens with zero attached hydrogens (tertiary/aromatic N) is 4. The molecule has 1 aliphatic rings. The number of hydrogen-bond donors (Lipinski definition) is 0. The van der Waals surface area contributed by atoms with Crippen LogP contribution in [0, 0.1) is 24.2 Å². The summed E-state index contributed by atoms with van der Waals surface area (Å²) in [4.78, 5) is 9.64. The van der Waals surface area contributed by atoms with Gasteiger partial charge >= 0.3 is 0 Å². The van der Waals surface area contributed by atoms with Gasteiger partial charge in [-0.15, -0.1) is 53.8 Å². The van der Waals surface area contributed by atoms with E-state index in [9.17, 15) is 0 Å². The van der Waals surface area contributed by atoms with E-state index >= 15 is 0 Å². The van der Waals surface area contributed by atoms with Crippen LogP contribution in [0.25, 0.3) is 38.8 Å². The molecule has 0 aliphatic carbocycles. The minimum atomic E-state index is -0.248. The van der Waals surface area contributed by atoms with E-state index in [0.29, 0.717) is 11.5 Å². The SMILES string of the molecule is CC(C)(C)C1=CN(c2[c-]c(Oc3[c-]c4c(c(C(C)(C)C)c3)c3ccccc3n4-c3cc(C(C)(C)c4ccccc4)ccn3)cc(-c3ccccc3)c2)[CH-]N1c1cc(C(C)(C)C)cc(C(C)(C)C)c1.[Pt]. The first-order valence-corrected chi connectivity index (χ1v) is 24.1. The summed E-state index contributed by atoms with van der Waals surface area (Å²) in [5, 5.41) is 2.30. The molecular weight excluding hydrogens is 1020 g/mol. The Bertz CT molecular complexity index is 3160. The maximum atomic E-state index is 7.10. The minimum Gasteiger partial charge on any atom is -0.509 e. The minimum absolute atomic E-state index is 0. The van der Waals surface area contributed by atoms with Crippen LogP contribution in [0.2, 0.25) is 0 Å². The maximum absolute atomic E-state index is 7.10. The van der Waals surface area contributed by atoms with Crippen molar-refractivity contribution >= 4 is 33.2 Å². The second kappa shape index (κ2) is 18.1. The molecule has 0 saturated heterocycles. The standard InChI is InChI=1S/C63H67N4O.Pt/c1-59(2,3)46-33-47(60(4,5)6)35-49(34-46)66-41-65(40-56(66)62(10,11)12)48-31-43(42-23-17-15-18-24-42)32-50(37-48)68-51-38-53(61(7,8)9)58-52-27-21-22-28-54(52)67(55(58)39-51)57-36-45(29-30-64-57)63(13,14)44-25-19-16-20-26-44;/h15-36,38,40-41H,1-14H3;/q-3;. The molecule has 2 aromatic heterocycles. The molecule has 0 N–H and O–H groups in total. The van der Waals surface area contributed by atoms with Crippen LogP contribution in [0.15, 0.2) is 152 Å². The number of hydrogen-bond acceptors (Lipinski definition) is 4. The van der Waals surface area contributed by atoms with Crippen molar-refractivity contribution in [1.82, 2.24) is 9.55 Å². The average molecular weight is 1090 g/mol. The molecule has 9 rings (SSSR count). The number of benzene rings is 6. The van der Waals surface area contributed by atoms with Gasteiger partial charge in [-0.05, 0) is 86.0 Å². The van der Waals surface area contributed by atoms with Gasteiger partial charge in [0.05, 0.1) is 0 Å². The van der Waals surface area contributed by atoms with Crippen molar-refractivity contribution in [2.75, 3.05) is 9.80 Å². The Hall–Kier alpha value is -5.90. The molecule has 0 saturated carbocycles. The summed E-state index contributed by atoms with van der Waals surface area (Å²) in [5.41, 5.74) is 12.9. The van der Waals surface area contributed by atoms with Gasteiger partial charge in [-0.25, -0.2) is 4.98 Å². The molecular formula is C63H67N4OPt-3. The van der Waals surface area contributed by atoms with E-state index < -0.39 is 0 Å². The van der Waals surface area contributed by atoms with E-state index in [1.807, 2.05) is 6.20 Å². The number of anilines is 2. The number of allylic oxidation sites excluding steroid dienone is 1. The van der Waals surface area contributed by atoms with Crippen molar-refractivity contribution in [2.45, 2.75) is 119 Å². The molecule has 0 fully saturated rings. The van der Waals surface area contributed by atoms with Gasteiger partial charge in [0.15, 0.2) is 0 Å². The van der Waals surface area contributed by atoms with Crippen LogP contribution in [0.3, 0.4) is 0 Å². The fraction of sp³-hybridized carbons (Fsp3) is 0.302. The first-order chi connectivity index (χ1) is 32.0. The first kappa shape index (κ1) is 49.5. The van der Waals surface area contributed by atoms with E-state index in [2.05, 4.69) is 270 Å². The Labute approximate surface area is 426 Å². The van der Waals surface area contributed by atoms with Gasteiger partial charge in [-0.2, -0.15) is 0 Å². The van der Waals surface area contributed by atoms with Crippen LogP contribution >= 0.6 is 0 Å². The predicted molar refractivity (Wildman–Crippen MR) is 286 cm³/mol. The van der Waals surface area contributed by atoms with E-state index in [1.54, 1.807) is 0 Å². The van der Waals surface area contributed by atoms with Gasteiger partial charge in [-0.3, -0.25) is 0 Å². The van der Waals surface area contributed by atoms with Crippen molar-refractivity contribution in [2.24, 2.45) is 5.41 Å². The second-order valence-electron chi connectivity index (χ2n) is 23.3. The third-order valence-corrected chi connectivity index (χ3v) is 13.6. The number of aromatic nitrogens is 2. The van der Waals surface area contributed by atoms with Crippen LogP contribution in [-0.2, 0) is 42.7 Å². The van der Waals surface area contributed by atoms with Gasteiger partial charge in [0.1, 0.15) is 5.82 Å². The summed E-state index contributed by atoms with van der Waals surface area (Å²) < 4.78 is 9.36. The molecule has 6 aromatic carbocycles. The van der Waals surface area contributed by atoms with Gasteiger partial charge in [0, 0.05) is 66.5 Å². The molecule has 6 heteroatoms. The molecule has 0 unspecified atom stereocenters. The van der Waals surface area contributed by atoms with E-state index in [-0.39, 0.29) is 48.1 Å². The Kier molecular flexibility index (Phi) is 13.0. The smallest absolute Gasteiger partial charge is 0.135 e. The molecule has 0 bridgehead atoms. The van der Waals surface area contributed by atoms with E-state index in [1.165, 1.54) is 33.5 Å². The number of fused-ring (bicyclic) bond motifs is 3. The molecule has 69 heavy (non-hydrogen) atoms. The van der Waals surface area contributed by atoms with Gasteiger partial charge < -0.3 is 19.1 Å². The summed E-state index contributed by atoms with van der Waals surface area (Å²) in [7, 11) is 0. The number of para-hydroxylation sites is 1. The van der Waals surface area contributed by atoms with Crippen LogP contribution in [0.1, 0.15) is 125 Å². The summed E-state index contributed by atoms with van der Waals surface area (Å²) in [6.45, 7) is 34.2. The Morgan fingerprint density at radius 3 is 1.77 bits per heavy atom. The molecule has 1 aliphatic heterocycles. The zero-order valence-electron chi connectivity index (χ0n) is 42.9. The normalized spacial score (nSPS) is 13.8. The summed E-state index contributed by atoms with van der Waals surface area (Å²) >= 11 is 0. The molecule has 0 atom stereocenters. The van der Waals surface area contributed by atoms with Gasteiger partial charge in [-0.1, -0.05) is 193 Å². The van der Waals surface area contributed by atoms with Gasteiger partial charge in [0.2, 0.25) is 0 Å². The second-order valence-corrected chi connectivity index (χ2v) is 23.3. The largest absolute Gasteiger partial charge is 0.509 e. The molecule has 0 spiro atoms. The fourth-order valence-corrected chi connectivity index (χ4v) is 9.38. The maximum Gasteiger partial charge on any atom is 0.135 e.